The zero-order valence-corrected chi connectivity index (χ0v) is 16.8. The topological polar surface area (TPSA) is 21.3 Å². The van der Waals surface area contributed by atoms with Crippen LogP contribution < -0.4 is 10.1 Å². The van der Waals surface area contributed by atoms with E-state index in [-0.39, 0.29) is 5.82 Å². The Morgan fingerprint density at radius 2 is 1.72 bits per heavy atom. The smallest absolute Gasteiger partial charge is 0.125 e. The van der Waals surface area contributed by atoms with Gasteiger partial charge in [0.25, 0.3) is 0 Å². The molecule has 2 nitrogen and oxygen atoms in total. The lowest BCUT2D eigenvalue weighted by atomic mass is 10.0. The molecule has 0 aliphatic carbocycles. The van der Waals surface area contributed by atoms with Crippen molar-refractivity contribution < 1.29 is 9.13 Å². The first-order chi connectivity index (χ1) is 14.1. The summed E-state index contributed by atoms with van der Waals surface area (Å²) in [5.74, 6) is 0.557. The fourth-order valence-electron chi connectivity index (χ4n) is 3.34. The minimum absolute atomic E-state index is 0.249. The molecule has 4 rings (SSSR count). The average Bonchev–Trinajstić information content (AvgIpc) is 2.74. The lowest BCUT2D eigenvalue weighted by Gasteiger charge is -2.17. The third kappa shape index (κ3) is 4.52. The second kappa shape index (κ2) is 8.54. The van der Waals surface area contributed by atoms with Gasteiger partial charge in [-0.15, -0.1) is 0 Å². The molecule has 0 aliphatic rings. The summed E-state index contributed by atoms with van der Waals surface area (Å²) >= 11 is 6.16. The standard InChI is InChI=1S/C25H21ClFNO/c1-17-6-10-20(26)14-24(17)28-15-23-22-5-3-2-4-19(22)9-13-25(23)29-16-18-7-11-21(27)12-8-18/h2-14,28H,15-16H2,1H3. The van der Waals surface area contributed by atoms with Gasteiger partial charge in [0.05, 0.1) is 0 Å². The summed E-state index contributed by atoms with van der Waals surface area (Å²) in [7, 11) is 0. The average molecular weight is 406 g/mol. The monoisotopic (exact) mass is 405 g/mol. The van der Waals surface area contributed by atoms with Crippen LogP contribution in [0.15, 0.2) is 78.9 Å². The van der Waals surface area contributed by atoms with Crippen LogP contribution in [0.1, 0.15) is 16.7 Å². The summed E-state index contributed by atoms with van der Waals surface area (Å²) in [6, 6.07) is 24.5. The minimum atomic E-state index is -0.249. The Morgan fingerprint density at radius 1 is 0.931 bits per heavy atom. The van der Waals surface area contributed by atoms with Gasteiger partial charge in [0.15, 0.2) is 0 Å². The van der Waals surface area contributed by atoms with E-state index in [1.165, 1.54) is 12.1 Å². The van der Waals surface area contributed by atoms with Crippen molar-refractivity contribution in [2.24, 2.45) is 0 Å². The molecular weight excluding hydrogens is 385 g/mol. The fraction of sp³-hybridized carbons (Fsp3) is 0.120. The van der Waals surface area contributed by atoms with Crippen LogP contribution in [-0.2, 0) is 13.2 Å². The predicted molar refractivity (Wildman–Crippen MR) is 118 cm³/mol. The summed E-state index contributed by atoms with van der Waals surface area (Å²) in [4.78, 5) is 0. The SMILES string of the molecule is Cc1ccc(Cl)cc1NCc1c(OCc2ccc(F)cc2)ccc2ccccc12. The van der Waals surface area contributed by atoms with Gasteiger partial charge in [-0.3, -0.25) is 0 Å². The number of anilines is 1. The maximum atomic E-state index is 13.2. The van der Waals surface area contributed by atoms with E-state index in [9.17, 15) is 4.39 Å². The quantitative estimate of drug-likeness (QED) is 0.368. The molecule has 29 heavy (non-hydrogen) atoms. The van der Waals surface area contributed by atoms with Gasteiger partial charge in [0.1, 0.15) is 18.2 Å². The van der Waals surface area contributed by atoms with Gasteiger partial charge < -0.3 is 10.1 Å². The lowest BCUT2D eigenvalue weighted by Crippen LogP contribution is -2.05. The van der Waals surface area contributed by atoms with Crippen LogP contribution >= 0.6 is 11.6 Å². The Bertz CT molecular complexity index is 1140. The molecule has 0 aromatic heterocycles. The molecule has 0 spiro atoms. The van der Waals surface area contributed by atoms with Crippen molar-refractivity contribution in [2.45, 2.75) is 20.1 Å². The number of halogens is 2. The molecule has 146 valence electrons. The number of hydrogen-bond acceptors (Lipinski definition) is 2. The van der Waals surface area contributed by atoms with Gasteiger partial charge in [-0.25, -0.2) is 4.39 Å². The molecule has 0 bridgehead atoms. The van der Waals surface area contributed by atoms with E-state index in [2.05, 4.69) is 23.5 Å². The highest BCUT2D eigenvalue weighted by molar-refractivity contribution is 6.30. The van der Waals surface area contributed by atoms with Crippen molar-refractivity contribution >= 4 is 28.1 Å². The molecule has 0 amide bonds. The van der Waals surface area contributed by atoms with E-state index in [1.807, 2.05) is 43.3 Å². The number of ether oxygens (including phenoxy) is 1. The maximum Gasteiger partial charge on any atom is 0.125 e. The summed E-state index contributed by atoms with van der Waals surface area (Å²) in [6.45, 7) is 3.02. The molecule has 0 atom stereocenters. The van der Waals surface area contributed by atoms with Gasteiger partial charge >= 0.3 is 0 Å². The van der Waals surface area contributed by atoms with Crippen molar-refractivity contribution in [3.63, 3.8) is 0 Å². The lowest BCUT2D eigenvalue weighted by molar-refractivity contribution is 0.303. The Morgan fingerprint density at radius 3 is 2.55 bits per heavy atom. The molecule has 0 aliphatic heterocycles. The summed E-state index contributed by atoms with van der Waals surface area (Å²) in [6.07, 6.45) is 0. The Balaban J connectivity index is 1.63. The Hall–Kier alpha value is -3.04. The second-order valence-corrected chi connectivity index (χ2v) is 7.43. The Labute approximate surface area is 174 Å². The second-order valence-electron chi connectivity index (χ2n) is 6.99. The van der Waals surface area contributed by atoms with Crippen LogP contribution in [0, 0.1) is 12.7 Å². The van der Waals surface area contributed by atoms with Crippen molar-refractivity contribution in [2.75, 3.05) is 5.32 Å². The number of hydrogen-bond donors (Lipinski definition) is 1. The van der Waals surface area contributed by atoms with Crippen molar-refractivity contribution in [3.8, 4) is 5.75 Å². The van der Waals surface area contributed by atoms with Gasteiger partial charge in [0, 0.05) is 22.8 Å². The van der Waals surface area contributed by atoms with Crippen molar-refractivity contribution in [3.05, 3.63) is 106 Å². The molecular formula is C25H21ClFNO. The Kier molecular flexibility index (Phi) is 5.68. The van der Waals surface area contributed by atoms with E-state index in [0.29, 0.717) is 18.2 Å². The minimum Gasteiger partial charge on any atom is -0.489 e. The molecule has 4 heteroatoms. The predicted octanol–water partition coefficient (Wildman–Crippen LogP) is 7.13. The molecule has 0 unspecified atom stereocenters. The van der Waals surface area contributed by atoms with E-state index < -0.39 is 0 Å². The molecule has 4 aromatic carbocycles. The molecule has 0 heterocycles. The van der Waals surface area contributed by atoms with Crippen LogP contribution in [-0.4, -0.2) is 0 Å². The first kappa shape index (κ1) is 19.3. The molecule has 0 radical (unpaired) electrons. The highest BCUT2D eigenvalue weighted by Gasteiger charge is 2.10. The zero-order chi connectivity index (χ0) is 20.2. The first-order valence-electron chi connectivity index (χ1n) is 9.48. The summed E-state index contributed by atoms with van der Waals surface area (Å²) in [5.41, 5.74) is 4.12. The van der Waals surface area contributed by atoms with Gasteiger partial charge in [-0.2, -0.15) is 0 Å². The normalized spacial score (nSPS) is 10.9. The van der Waals surface area contributed by atoms with Crippen LogP contribution in [0.25, 0.3) is 10.8 Å². The number of nitrogens with one attached hydrogen (secondary N) is 1. The third-order valence-corrected chi connectivity index (χ3v) is 5.20. The highest BCUT2D eigenvalue weighted by Crippen LogP contribution is 2.30. The summed E-state index contributed by atoms with van der Waals surface area (Å²) in [5, 5.41) is 6.48. The van der Waals surface area contributed by atoms with Gasteiger partial charge in [-0.1, -0.05) is 60.1 Å². The van der Waals surface area contributed by atoms with E-state index >= 15 is 0 Å². The molecule has 0 fully saturated rings. The highest BCUT2D eigenvalue weighted by atomic mass is 35.5. The molecule has 0 saturated carbocycles. The first-order valence-corrected chi connectivity index (χ1v) is 9.86. The van der Waals surface area contributed by atoms with Crippen LogP contribution in [0.4, 0.5) is 10.1 Å². The van der Waals surface area contributed by atoms with Crippen LogP contribution in [0.3, 0.4) is 0 Å². The van der Waals surface area contributed by atoms with Crippen molar-refractivity contribution in [1.29, 1.82) is 0 Å². The van der Waals surface area contributed by atoms with E-state index in [4.69, 9.17) is 16.3 Å². The van der Waals surface area contributed by atoms with Crippen molar-refractivity contribution in [1.82, 2.24) is 0 Å². The fourth-order valence-corrected chi connectivity index (χ4v) is 3.52. The number of benzene rings is 4. The van der Waals surface area contributed by atoms with Crippen LogP contribution in [0.5, 0.6) is 5.75 Å². The largest absolute Gasteiger partial charge is 0.489 e. The third-order valence-electron chi connectivity index (χ3n) is 4.96. The zero-order valence-electron chi connectivity index (χ0n) is 16.1. The molecule has 1 N–H and O–H groups in total. The van der Waals surface area contributed by atoms with E-state index in [1.54, 1.807) is 12.1 Å². The maximum absolute atomic E-state index is 13.2. The van der Waals surface area contributed by atoms with Crippen LogP contribution in [0.2, 0.25) is 5.02 Å². The van der Waals surface area contributed by atoms with Gasteiger partial charge in [-0.05, 0) is 59.2 Å². The molecule has 0 saturated heterocycles. The van der Waals surface area contributed by atoms with E-state index in [0.717, 1.165) is 38.9 Å². The summed E-state index contributed by atoms with van der Waals surface area (Å²) < 4.78 is 19.3. The molecule has 4 aromatic rings. The number of rotatable bonds is 6. The van der Waals surface area contributed by atoms with Gasteiger partial charge in [0.2, 0.25) is 0 Å². The number of fused-ring (bicyclic) bond motifs is 1. The number of aryl methyl sites for hydroxylation is 1.